The number of benzene rings is 2. The molecule has 0 aromatic heterocycles. The third kappa shape index (κ3) is 4.51. The van der Waals surface area contributed by atoms with E-state index in [1.54, 1.807) is 13.0 Å². The Morgan fingerprint density at radius 3 is 2.44 bits per heavy atom. The topological polar surface area (TPSA) is 84.5 Å². The van der Waals surface area contributed by atoms with Gasteiger partial charge >= 0.3 is 0 Å². The molecule has 0 heterocycles. The van der Waals surface area contributed by atoms with E-state index in [1.165, 1.54) is 25.3 Å². The van der Waals surface area contributed by atoms with Crippen LogP contribution in [0.3, 0.4) is 0 Å². The molecule has 0 spiro atoms. The molecular formula is C18H22N2O4S. The zero-order valence-electron chi connectivity index (χ0n) is 14.7. The number of carbonyl (C=O) groups is 1. The predicted octanol–water partition coefficient (Wildman–Crippen LogP) is 3.46. The van der Waals surface area contributed by atoms with Gasteiger partial charge < -0.3 is 10.1 Å². The van der Waals surface area contributed by atoms with Gasteiger partial charge in [0.15, 0.2) is 0 Å². The van der Waals surface area contributed by atoms with Crippen LogP contribution in [0.4, 0.5) is 11.4 Å². The number of rotatable bonds is 6. The van der Waals surface area contributed by atoms with Crippen LogP contribution in [0, 0.1) is 13.8 Å². The fourth-order valence-corrected chi connectivity index (χ4v) is 3.39. The second-order valence-electron chi connectivity index (χ2n) is 5.69. The number of aryl methyl sites for hydroxylation is 2. The Kier molecular flexibility index (Phi) is 5.69. The standard InChI is InChI=1S/C18H22N2O4S/c1-5-18(21)19-16-11-14(8-9-17(16)24-4)25(22,23)20-15-10-12(2)6-7-13(15)3/h6-11,20H,5H2,1-4H3,(H,19,21). The number of anilines is 2. The maximum absolute atomic E-state index is 12.7. The lowest BCUT2D eigenvalue weighted by Crippen LogP contribution is -2.15. The van der Waals surface area contributed by atoms with Crippen molar-refractivity contribution >= 4 is 27.3 Å². The van der Waals surface area contributed by atoms with Crippen molar-refractivity contribution in [2.45, 2.75) is 32.1 Å². The first-order chi connectivity index (χ1) is 11.8. The number of methoxy groups -OCH3 is 1. The quantitative estimate of drug-likeness (QED) is 0.824. The van der Waals surface area contributed by atoms with Gasteiger partial charge in [0.05, 0.1) is 23.4 Å². The van der Waals surface area contributed by atoms with E-state index in [0.717, 1.165) is 11.1 Å². The highest BCUT2D eigenvalue weighted by Gasteiger charge is 2.18. The number of carbonyl (C=O) groups excluding carboxylic acids is 1. The molecule has 2 N–H and O–H groups in total. The van der Waals surface area contributed by atoms with E-state index >= 15 is 0 Å². The molecule has 2 aromatic rings. The Morgan fingerprint density at radius 2 is 1.80 bits per heavy atom. The average Bonchev–Trinajstić information content (AvgIpc) is 2.57. The van der Waals surface area contributed by atoms with E-state index in [1.807, 2.05) is 26.0 Å². The van der Waals surface area contributed by atoms with Crippen LogP contribution in [0.15, 0.2) is 41.3 Å². The summed E-state index contributed by atoms with van der Waals surface area (Å²) in [6, 6.07) is 9.89. The summed E-state index contributed by atoms with van der Waals surface area (Å²) >= 11 is 0. The van der Waals surface area contributed by atoms with Crippen LogP contribution in [-0.2, 0) is 14.8 Å². The molecule has 1 amide bonds. The van der Waals surface area contributed by atoms with Gasteiger partial charge in [0.2, 0.25) is 5.91 Å². The number of amides is 1. The summed E-state index contributed by atoms with van der Waals surface area (Å²) in [4.78, 5) is 11.7. The largest absolute Gasteiger partial charge is 0.495 e. The van der Waals surface area contributed by atoms with Crippen molar-refractivity contribution in [1.82, 2.24) is 0 Å². The first-order valence-electron chi connectivity index (χ1n) is 7.84. The third-order valence-electron chi connectivity index (χ3n) is 3.71. The van der Waals surface area contributed by atoms with Gasteiger partial charge in [-0.05, 0) is 49.2 Å². The van der Waals surface area contributed by atoms with Crippen molar-refractivity contribution in [2.75, 3.05) is 17.1 Å². The molecule has 0 unspecified atom stereocenters. The molecule has 2 aromatic carbocycles. The van der Waals surface area contributed by atoms with E-state index < -0.39 is 10.0 Å². The highest BCUT2D eigenvalue weighted by atomic mass is 32.2. The molecule has 0 saturated carbocycles. The molecule has 0 atom stereocenters. The minimum atomic E-state index is -3.80. The van der Waals surface area contributed by atoms with Crippen molar-refractivity contribution in [1.29, 1.82) is 0 Å². The van der Waals surface area contributed by atoms with Gasteiger partial charge in [-0.1, -0.05) is 19.1 Å². The Hall–Kier alpha value is -2.54. The first kappa shape index (κ1) is 18.8. The highest BCUT2D eigenvalue weighted by molar-refractivity contribution is 7.92. The van der Waals surface area contributed by atoms with Crippen molar-refractivity contribution in [3.05, 3.63) is 47.5 Å². The van der Waals surface area contributed by atoms with Crippen molar-refractivity contribution in [3.8, 4) is 5.75 Å². The fraction of sp³-hybridized carbons (Fsp3) is 0.278. The van der Waals surface area contributed by atoms with E-state index in [4.69, 9.17) is 4.74 Å². The second kappa shape index (κ2) is 7.57. The summed E-state index contributed by atoms with van der Waals surface area (Å²) in [6.07, 6.45) is 0.279. The van der Waals surface area contributed by atoms with E-state index in [-0.39, 0.29) is 17.2 Å². The van der Waals surface area contributed by atoms with Gasteiger partial charge in [0, 0.05) is 6.42 Å². The van der Waals surface area contributed by atoms with Gasteiger partial charge in [0.25, 0.3) is 10.0 Å². The van der Waals surface area contributed by atoms with Crippen LogP contribution in [-0.4, -0.2) is 21.4 Å². The molecule has 2 rings (SSSR count). The van der Waals surface area contributed by atoms with Crippen LogP contribution >= 0.6 is 0 Å². The van der Waals surface area contributed by atoms with Gasteiger partial charge in [-0.15, -0.1) is 0 Å². The molecule has 0 saturated heterocycles. The number of nitrogens with one attached hydrogen (secondary N) is 2. The minimum Gasteiger partial charge on any atom is -0.495 e. The average molecular weight is 362 g/mol. The highest BCUT2D eigenvalue weighted by Crippen LogP contribution is 2.29. The van der Waals surface area contributed by atoms with Crippen molar-refractivity contribution in [2.24, 2.45) is 0 Å². The Labute approximate surface area is 148 Å². The van der Waals surface area contributed by atoms with E-state index in [2.05, 4.69) is 10.0 Å². The zero-order chi connectivity index (χ0) is 18.6. The van der Waals surface area contributed by atoms with Crippen LogP contribution in [0.25, 0.3) is 0 Å². The Bertz CT molecular complexity index is 892. The zero-order valence-corrected chi connectivity index (χ0v) is 15.5. The SMILES string of the molecule is CCC(=O)Nc1cc(S(=O)(=O)Nc2cc(C)ccc2C)ccc1OC. The van der Waals surface area contributed by atoms with E-state index in [9.17, 15) is 13.2 Å². The van der Waals surface area contributed by atoms with Crippen LogP contribution in [0.2, 0.25) is 0 Å². The summed E-state index contributed by atoms with van der Waals surface area (Å²) < 4.78 is 33.2. The smallest absolute Gasteiger partial charge is 0.261 e. The third-order valence-corrected chi connectivity index (χ3v) is 5.08. The molecule has 7 heteroatoms. The van der Waals surface area contributed by atoms with Gasteiger partial charge in [0.1, 0.15) is 5.75 Å². The van der Waals surface area contributed by atoms with Gasteiger partial charge in [-0.2, -0.15) is 0 Å². The summed E-state index contributed by atoms with van der Waals surface area (Å²) in [6.45, 7) is 5.44. The molecule has 0 fully saturated rings. The molecule has 0 aliphatic rings. The lowest BCUT2D eigenvalue weighted by molar-refractivity contribution is -0.115. The molecular weight excluding hydrogens is 340 g/mol. The summed E-state index contributed by atoms with van der Waals surface area (Å²) in [5, 5.41) is 2.65. The molecule has 134 valence electrons. The fourth-order valence-electron chi connectivity index (χ4n) is 2.24. The molecule has 0 radical (unpaired) electrons. The summed E-state index contributed by atoms with van der Waals surface area (Å²) in [5.74, 6) is 0.169. The number of ether oxygens (including phenoxy) is 1. The maximum Gasteiger partial charge on any atom is 0.261 e. The Morgan fingerprint density at radius 1 is 1.08 bits per heavy atom. The molecule has 6 nitrogen and oxygen atoms in total. The van der Waals surface area contributed by atoms with Crippen LogP contribution in [0.5, 0.6) is 5.75 Å². The molecule has 0 bridgehead atoms. The van der Waals surface area contributed by atoms with Crippen molar-refractivity contribution < 1.29 is 17.9 Å². The molecule has 0 aliphatic carbocycles. The number of sulfonamides is 1. The van der Waals surface area contributed by atoms with Gasteiger partial charge in [-0.3, -0.25) is 9.52 Å². The lowest BCUT2D eigenvalue weighted by Gasteiger charge is -2.14. The normalized spacial score (nSPS) is 11.0. The minimum absolute atomic E-state index is 0.0422. The lowest BCUT2D eigenvalue weighted by atomic mass is 10.1. The van der Waals surface area contributed by atoms with E-state index in [0.29, 0.717) is 17.1 Å². The molecule has 25 heavy (non-hydrogen) atoms. The number of hydrogen-bond acceptors (Lipinski definition) is 4. The number of hydrogen-bond donors (Lipinski definition) is 2. The monoisotopic (exact) mass is 362 g/mol. The van der Waals surface area contributed by atoms with Gasteiger partial charge in [-0.25, -0.2) is 8.42 Å². The second-order valence-corrected chi connectivity index (χ2v) is 7.37. The van der Waals surface area contributed by atoms with Crippen LogP contribution in [0.1, 0.15) is 24.5 Å². The first-order valence-corrected chi connectivity index (χ1v) is 9.33. The Balaban J connectivity index is 2.40. The summed E-state index contributed by atoms with van der Waals surface area (Å²) in [5.41, 5.74) is 2.62. The maximum atomic E-state index is 12.7. The predicted molar refractivity (Wildman–Crippen MR) is 98.6 cm³/mol. The molecule has 0 aliphatic heterocycles. The van der Waals surface area contributed by atoms with Crippen molar-refractivity contribution in [3.63, 3.8) is 0 Å². The summed E-state index contributed by atoms with van der Waals surface area (Å²) in [7, 11) is -2.34. The van der Waals surface area contributed by atoms with Crippen LogP contribution < -0.4 is 14.8 Å².